The van der Waals surface area contributed by atoms with Gasteiger partial charge in [0.25, 0.3) is 0 Å². The maximum Gasteiger partial charge on any atom is 0.160 e. The molecule has 2 heterocycles. The Morgan fingerprint density at radius 2 is 1.61 bits per heavy atom. The summed E-state index contributed by atoms with van der Waals surface area (Å²) >= 11 is 6.04. The molecule has 0 saturated heterocycles. The maximum absolute atomic E-state index is 14.2. The predicted octanol–water partition coefficient (Wildman–Crippen LogP) is 4.58. The zero-order valence-electron chi connectivity index (χ0n) is 11.8. The Morgan fingerprint density at radius 1 is 0.913 bits per heavy atom. The van der Waals surface area contributed by atoms with Crippen LogP contribution in [-0.2, 0) is 0 Å². The van der Waals surface area contributed by atoms with Gasteiger partial charge in [-0.15, -0.1) is 5.10 Å². The second-order valence-corrected chi connectivity index (χ2v) is 5.14. The third-order valence-electron chi connectivity index (χ3n) is 3.28. The molecule has 0 amide bonds. The fraction of sp³-hybridized carbons (Fsp3) is 0.0625. The van der Waals surface area contributed by atoms with Gasteiger partial charge in [0, 0.05) is 29.5 Å². The molecule has 0 unspecified atom stereocenters. The summed E-state index contributed by atoms with van der Waals surface area (Å²) in [6, 6.07) is 6.26. The molecule has 0 aliphatic heterocycles. The van der Waals surface area contributed by atoms with Crippen LogP contribution in [0.5, 0.6) is 0 Å². The first-order valence-electron chi connectivity index (χ1n) is 6.58. The molecule has 1 aromatic carbocycles. The average Bonchev–Trinajstić information content (AvgIpc) is 2.50. The highest BCUT2D eigenvalue weighted by molar-refractivity contribution is 6.32. The van der Waals surface area contributed by atoms with Crippen molar-refractivity contribution in [1.82, 2.24) is 15.2 Å². The fourth-order valence-corrected chi connectivity index (χ4v) is 2.56. The molecule has 0 N–H and O–H groups in total. The van der Waals surface area contributed by atoms with E-state index in [4.69, 9.17) is 11.6 Å². The van der Waals surface area contributed by atoms with Crippen LogP contribution in [0.25, 0.3) is 22.4 Å². The van der Waals surface area contributed by atoms with Crippen LogP contribution in [0.4, 0.5) is 13.2 Å². The molecule has 0 atom stereocenters. The first-order valence-corrected chi connectivity index (χ1v) is 6.96. The third-order valence-corrected chi connectivity index (χ3v) is 3.55. The van der Waals surface area contributed by atoms with Gasteiger partial charge in [0.05, 0.1) is 17.0 Å². The van der Waals surface area contributed by atoms with Crippen LogP contribution in [0, 0.1) is 24.4 Å². The first-order chi connectivity index (χ1) is 11.0. The number of pyridine rings is 1. The maximum atomic E-state index is 14.2. The van der Waals surface area contributed by atoms with Gasteiger partial charge < -0.3 is 0 Å². The Hall–Kier alpha value is -2.47. The van der Waals surface area contributed by atoms with Crippen molar-refractivity contribution < 1.29 is 13.2 Å². The number of hydrogen-bond acceptors (Lipinski definition) is 3. The van der Waals surface area contributed by atoms with Gasteiger partial charge in [-0.1, -0.05) is 17.7 Å². The van der Waals surface area contributed by atoms with Crippen molar-refractivity contribution in [3.8, 4) is 22.4 Å². The van der Waals surface area contributed by atoms with Crippen LogP contribution in [0.1, 0.15) is 5.69 Å². The van der Waals surface area contributed by atoms with E-state index >= 15 is 0 Å². The van der Waals surface area contributed by atoms with E-state index in [0.29, 0.717) is 29.1 Å². The van der Waals surface area contributed by atoms with E-state index in [9.17, 15) is 13.2 Å². The molecule has 0 aliphatic carbocycles. The number of hydrogen-bond donors (Lipinski definition) is 0. The lowest BCUT2D eigenvalue weighted by Gasteiger charge is -2.14. The summed E-state index contributed by atoms with van der Waals surface area (Å²) in [5.41, 5.74) is 0.698. The van der Waals surface area contributed by atoms with E-state index < -0.39 is 23.0 Å². The normalized spacial score (nSPS) is 10.8. The lowest BCUT2D eigenvalue weighted by molar-refractivity contribution is 0.548. The monoisotopic (exact) mass is 335 g/mol. The second-order valence-electron chi connectivity index (χ2n) is 4.79. The van der Waals surface area contributed by atoms with Crippen molar-refractivity contribution in [1.29, 1.82) is 0 Å². The van der Waals surface area contributed by atoms with Gasteiger partial charge in [0.1, 0.15) is 17.5 Å². The fourth-order valence-electron chi connectivity index (χ4n) is 2.34. The van der Waals surface area contributed by atoms with Crippen LogP contribution in [-0.4, -0.2) is 15.2 Å². The molecule has 3 aromatic rings. The van der Waals surface area contributed by atoms with Crippen molar-refractivity contribution in [2.75, 3.05) is 0 Å². The Bertz CT molecular complexity index is 862. The van der Waals surface area contributed by atoms with Crippen LogP contribution in [0.2, 0.25) is 5.15 Å². The molecule has 0 aliphatic rings. The minimum Gasteiger partial charge on any atom is -0.256 e. The van der Waals surface area contributed by atoms with Gasteiger partial charge in [-0.25, -0.2) is 13.2 Å². The molecule has 0 saturated carbocycles. The number of nitrogens with zero attached hydrogens (tertiary/aromatic N) is 3. The molecule has 0 fully saturated rings. The summed E-state index contributed by atoms with van der Waals surface area (Å²) in [5, 5.41) is 7.39. The van der Waals surface area contributed by atoms with Gasteiger partial charge in [-0.2, -0.15) is 5.10 Å². The summed E-state index contributed by atoms with van der Waals surface area (Å²) in [5.74, 6) is -3.17. The molecule has 23 heavy (non-hydrogen) atoms. The molecular weight excluding hydrogens is 327 g/mol. The van der Waals surface area contributed by atoms with Crippen LogP contribution in [0.3, 0.4) is 0 Å². The Kier molecular flexibility index (Phi) is 4.00. The van der Waals surface area contributed by atoms with E-state index in [-0.39, 0.29) is 10.7 Å². The Labute approximate surface area is 134 Å². The summed E-state index contributed by atoms with van der Waals surface area (Å²) in [7, 11) is 0. The van der Waals surface area contributed by atoms with Crippen molar-refractivity contribution >= 4 is 11.6 Å². The molecular formula is C16H9ClF3N3. The van der Waals surface area contributed by atoms with Gasteiger partial charge >= 0.3 is 0 Å². The molecule has 116 valence electrons. The van der Waals surface area contributed by atoms with Crippen molar-refractivity contribution in [2.45, 2.75) is 6.92 Å². The van der Waals surface area contributed by atoms with Crippen LogP contribution in [0.15, 0.2) is 36.5 Å². The highest BCUT2D eigenvalue weighted by Crippen LogP contribution is 2.39. The summed E-state index contributed by atoms with van der Waals surface area (Å²) in [6.45, 7) is 1.62. The van der Waals surface area contributed by atoms with Crippen molar-refractivity contribution in [3.63, 3.8) is 0 Å². The largest absolute Gasteiger partial charge is 0.256 e. The summed E-state index contributed by atoms with van der Waals surface area (Å²) < 4.78 is 41.6. The van der Waals surface area contributed by atoms with E-state index in [0.717, 1.165) is 0 Å². The predicted molar refractivity (Wildman–Crippen MR) is 80.3 cm³/mol. The molecule has 7 heteroatoms. The quantitative estimate of drug-likeness (QED) is 0.688. The second kappa shape index (κ2) is 5.96. The minimum absolute atomic E-state index is 0.00660. The van der Waals surface area contributed by atoms with E-state index in [1.807, 2.05) is 0 Å². The van der Waals surface area contributed by atoms with Crippen LogP contribution < -0.4 is 0 Å². The third kappa shape index (κ3) is 2.77. The zero-order chi connectivity index (χ0) is 16.6. The summed E-state index contributed by atoms with van der Waals surface area (Å²) in [6.07, 6.45) is 1.53. The van der Waals surface area contributed by atoms with E-state index in [1.54, 1.807) is 25.1 Å². The van der Waals surface area contributed by atoms with Crippen molar-refractivity contribution in [2.24, 2.45) is 0 Å². The molecule has 3 nitrogen and oxygen atoms in total. The summed E-state index contributed by atoms with van der Waals surface area (Å²) in [4.78, 5) is 4.17. The number of halogens is 4. The molecule has 2 aromatic heterocycles. The minimum atomic E-state index is -1.08. The van der Waals surface area contributed by atoms with Crippen LogP contribution >= 0.6 is 11.6 Å². The molecule has 0 radical (unpaired) electrons. The molecule has 3 rings (SSSR count). The smallest absolute Gasteiger partial charge is 0.160 e. The average molecular weight is 336 g/mol. The van der Waals surface area contributed by atoms with Gasteiger partial charge in [-0.05, 0) is 19.1 Å². The number of rotatable bonds is 2. The number of aryl methyl sites for hydroxylation is 1. The molecule has 0 bridgehead atoms. The Morgan fingerprint density at radius 3 is 2.22 bits per heavy atom. The van der Waals surface area contributed by atoms with Gasteiger partial charge in [-0.3, -0.25) is 4.98 Å². The molecule has 0 spiro atoms. The first kappa shape index (κ1) is 15.4. The lowest BCUT2D eigenvalue weighted by atomic mass is 9.97. The highest BCUT2D eigenvalue weighted by atomic mass is 35.5. The van der Waals surface area contributed by atoms with Gasteiger partial charge in [0.2, 0.25) is 0 Å². The lowest BCUT2D eigenvalue weighted by Crippen LogP contribution is -2.02. The van der Waals surface area contributed by atoms with E-state index in [1.165, 1.54) is 6.20 Å². The number of aromatic nitrogens is 3. The topological polar surface area (TPSA) is 38.7 Å². The zero-order valence-corrected chi connectivity index (χ0v) is 12.6. The standard InChI is InChI=1S/C16H9ClF3N3/c1-8-13(12-4-2-3-5-21-12)15(16(17)23-22-8)14-10(19)6-9(18)7-11(14)20/h2-7H,1H3. The Balaban J connectivity index is 2.40. The van der Waals surface area contributed by atoms with Crippen molar-refractivity contribution in [3.05, 3.63) is 64.8 Å². The SMILES string of the molecule is Cc1nnc(Cl)c(-c2c(F)cc(F)cc2F)c1-c1ccccn1. The highest BCUT2D eigenvalue weighted by Gasteiger charge is 2.23. The van der Waals surface area contributed by atoms with Gasteiger partial charge in [0.15, 0.2) is 5.15 Å². The van der Waals surface area contributed by atoms with E-state index in [2.05, 4.69) is 15.2 Å². The number of benzene rings is 1.